The van der Waals surface area contributed by atoms with Crippen LogP contribution in [-0.2, 0) is 19.1 Å². The highest BCUT2D eigenvalue weighted by molar-refractivity contribution is 5.87. The van der Waals surface area contributed by atoms with E-state index in [1.807, 2.05) is 36.4 Å². The summed E-state index contributed by atoms with van der Waals surface area (Å²) in [6.07, 6.45) is 4.79. The second kappa shape index (κ2) is 22.8. The lowest BCUT2D eigenvalue weighted by Crippen LogP contribution is -2.05. The first-order chi connectivity index (χ1) is 14.6. The number of hydrogen-bond donors (Lipinski definition) is 3. The van der Waals surface area contributed by atoms with Crippen LogP contribution < -0.4 is 0 Å². The lowest BCUT2D eigenvalue weighted by molar-refractivity contribution is -0.139. The molecular formula is C24H34O7. The molecule has 0 saturated carbocycles. The van der Waals surface area contributed by atoms with Gasteiger partial charge < -0.3 is 20.1 Å². The summed E-state index contributed by atoms with van der Waals surface area (Å²) in [6, 6.07) is 10.0. The van der Waals surface area contributed by atoms with Crippen molar-refractivity contribution in [1.29, 1.82) is 0 Å². The number of aliphatic hydroxyl groups excluding tert-OH is 1. The Labute approximate surface area is 184 Å². The molecule has 0 aliphatic rings. The molecule has 0 aliphatic heterocycles. The standard InChI is InChI=1S/C8H14O2.C8H8.C5H8O3.C3H4O2/c1-4-5-6-10-8(9)7(2)3;1-2-8-6-4-3-5-7-8;1-4(2-3-6)5(7)8;1-2-3(4)5/h2,4-6H2,1,3H3;2-7H,1H2;6H,1-3H2,(H,7,8);2H,1H2,(H,4,5). The van der Waals surface area contributed by atoms with Gasteiger partial charge >= 0.3 is 17.9 Å². The molecule has 0 fully saturated rings. The van der Waals surface area contributed by atoms with Crippen molar-refractivity contribution in [2.24, 2.45) is 0 Å². The highest BCUT2D eigenvalue weighted by atomic mass is 16.5. The van der Waals surface area contributed by atoms with Gasteiger partial charge in [-0.15, -0.1) is 0 Å². The van der Waals surface area contributed by atoms with E-state index in [9.17, 15) is 14.4 Å². The van der Waals surface area contributed by atoms with Crippen LogP contribution in [0, 0.1) is 0 Å². The predicted molar refractivity (Wildman–Crippen MR) is 124 cm³/mol. The van der Waals surface area contributed by atoms with Crippen LogP contribution in [0.1, 0.15) is 38.7 Å². The quantitative estimate of drug-likeness (QED) is 0.297. The van der Waals surface area contributed by atoms with Gasteiger partial charge in [-0.25, -0.2) is 14.4 Å². The van der Waals surface area contributed by atoms with E-state index in [0.29, 0.717) is 12.2 Å². The van der Waals surface area contributed by atoms with E-state index in [1.54, 1.807) is 6.92 Å². The van der Waals surface area contributed by atoms with Crippen LogP contribution in [0.3, 0.4) is 0 Å². The van der Waals surface area contributed by atoms with E-state index >= 15 is 0 Å². The topological polar surface area (TPSA) is 121 Å². The molecule has 0 heterocycles. The molecule has 0 atom stereocenters. The number of carboxylic acids is 2. The summed E-state index contributed by atoms with van der Waals surface area (Å²) in [5.41, 5.74) is 1.69. The van der Waals surface area contributed by atoms with Crippen molar-refractivity contribution < 1.29 is 34.4 Å². The van der Waals surface area contributed by atoms with Gasteiger partial charge in [0.25, 0.3) is 0 Å². The Bertz CT molecular complexity index is 691. The fraction of sp³-hybridized carbons (Fsp3) is 0.292. The first-order valence-corrected chi connectivity index (χ1v) is 9.44. The van der Waals surface area contributed by atoms with Crippen molar-refractivity contribution >= 4 is 24.0 Å². The summed E-state index contributed by atoms with van der Waals surface area (Å²) >= 11 is 0. The fourth-order valence-corrected chi connectivity index (χ4v) is 1.26. The maximum atomic E-state index is 10.7. The van der Waals surface area contributed by atoms with Crippen molar-refractivity contribution in [3.05, 3.63) is 79.4 Å². The first kappa shape index (κ1) is 32.2. The van der Waals surface area contributed by atoms with Crippen molar-refractivity contribution in [2.75, 3.05) is 13.2 Å². The molecule has 0 bridgehead atoms. The van der Waals surface area contributed by atoms with Gasteiger partial charge in [-0.3, -0.25) is 0 Å². The van der Waals surface area contributed by atoms with Gasteiger partial charge in [0.2, 0.25) is 0 Å². The molecule has 31 heavy (non-hydrogen) atoms. The number of ether oxygens (including phenoxy) is 1. The summed E-state index contributed by atoms with van der Waals surface area (Å²) in [7, 11) is 0. The number of hydrogen-bond acceptors (Lipinski definition) is 5. The maximum Gasteiger partial charge on any atom is 0.333 e. The number of carboxylic acid groups (broad SMARTS) is 2. The number of benzene rings is 1. The predicted octanol–water partition coefficient (Wildman–Crippen LogP) is 4.50. The number of aliphatic hydroxyl groups is 1. The first-order valence-electron chi connectivity index (χ1n) is 9.44. The molecule has 1 rings (SSSR count). The SMILES string of the molecule is C=C(C)C(=O)OCCCC.C=C(CCO)C(=O)O.C=CC(=O)O.C=Cc1ccccc1. The summed E-state index contributed by atoms with van der Waals surface area (Å²) < 4.78 is 4.81. The number of carbonyl (C=O) groups excluding carboxylic acids is 1. The zero-order chi connectivity index (χ0) is 24.7. The number of rotatable bonds is 9. The third-order valence-electron chi connectivity index (χ3n) is 3.01. The molecule has 0 amide bonds. The average molecular weight is 435 g/mol. The molecular weight excluding hydrogens is 400 g/mol. The molecule has 1 aromatic carbocycles. The zero-order valence-corrected chi connectivity index (χ0v) is 18.4. The Morgan fingerprint density at radius 2 is 1.58 bits per heavy atom. The van der Waals surface area contributed by atoms with E-state index in [2.05, 4.69) is 33.2 Å². The van der Waals surface area contributed by atoms with Crippen molar-refractivity contribution in [2.45, 2.75) is 33.1 Å². The third-order valence-corrected chi connectivity index (χ3v) is 3.01. The molecule has 3 N–H and O–H groups in total. The molecule has 7 nitrogen and oxygen atoms in total. The number of esters is 1. The van der Waals surface area contributed by atoms with Crippen molar-refractivity contribution in [1.82, 2.24) is 0 Å². The third kappa shape index (κ3) is 26.6. The molecule has 0 aliphatic carbocycles. The number of carbonyl (C=O) groups is 3. The Hall–Kier alpha value is -3.45. The maximum absolute atomic E-state index is 10.7. The minimum Gasteiger partial charge on any atom is -0.478 e. The van der Waals surface area contributed by atoms with Crippen molar-refractivity contribution in [3.63, 3.8) is 0 Å². The van der Waals surface area contributed by atoms with Gasteiger partial charge in [0.1, 0.15) is 0 Å². The van der Waals surface area contributed by atoms with Crippen LogP contribution in [0.4, 0.5) is 0 Å². The Morgan fingerprint density at radius 1 is 1.06 bits per heavy atom. The van der Waals surface area contributed by atoms with E-state index in [4.69, 9.17) is 20.1 Å². The normalized spacial score (nSPS) is 8.35. The van der Waals surface area contributed by atoms with Crippen LogP contribution in [0.15, 0.2) is 73.9 Å². The van der Waals surface area contributed by atoms with Crippen LogP contribution in [0.2, 0.25) is 0 Å². The molecule has 0 spiro atoms. The van der Waals surface area contributed by atoms with Gasteiger partial charge in [-0.1, -0.05) is 76.1 Å². The van der Waals surface area contributed by atoms with Crippen LogP contribution in [0.25, 0.3) is 6.08 Å². The molecule has 0 radical (unpaired) electrons. The second-order valence-electron chi connectivity index (χ2n) is 5.81. The lowest BCUT2D eigenvalue weighted by atomic mass is 10.2. The molecule has 0 aromatic heterocycles. The minimum atomic E-state index is -1.04. The highest BCUT2D eigenvalue weighted by Crippen LogP contribution is 1.97. The second-order valence-corrected chi connectivity index (χ2v) is 5.81. The van der Waals surface area contributed by atoms with Gasteiger partial charge in [-0.2, -0.15) is 0 Å². The van der Waals surface area contributed by atoms with E-state index in [-0.39, 0.29) is 24.6 Å². The zero-order valence-electron chi connectivity index (χ0n) is 18.4. The van der Waals surface area contributed by atoms with Crippen molar-refractivity contribution in [3.8, 4) is 0 Å². The van der Waals surface area contributed by atoms with E-state index in [0.717, 1.165) is 18.9 Å². The molecule has 7 heteroatoms. The van der Waals surface area contributed by atoms with Gasteiger partial charge in [0.05, 0.1) is 6.61 Å². The summed E-state index contributed by atoms with van der Waals surface area (Å²) in [6.45, 7) is 17.3. The van der Waals surface area contributed by atoms with Gasteiger partial charge in [0.15, 0.2) is 0 Å². The monoisotopic (exact) mass is 434 g/mol. The Morgan fingerprint density at radius 3 is 1.84 bits per heavy atom. The average Bonchev–Trinajstić information content (AvgIpc) is 2.75. The highest BCUT2D eigenvalue weighted by Gasteiger charge is 2.00. The summed E-state index contributed by atoms with van der Waals surface area (Å²) in [5, 5.41) is 23.9. The number of unbranched alkanes of at least 4 members (excludes halogenated alkanes) is 1. The van der Waals surface area contributed by atoms with E-state index < -0.39 is 11.9 Å². The smallest absolute Gasteiger partial charge is 0.333 e. The lowest BCUT2D eigenvalue weighted by Gasteiger charge is -2.01. The fourth-order valence-electron chi connectivity index (χ4n) is 1.26. The van der Waals surface area contributed by atoms with E-state index in [1.165, 1.54) is 5.56 Å². The van der Waals surface area contributed by atoms with Crippen LogP contribution in [-0.4, -0.2) is 46.4 Å². The molecule has 172 valence electrons. The Balaban J connectivity index is -0.000000346. The summed E-state index contributed by atoms with van der Waals surface area (Å²) in [4.78, 5) is 29.8. The minimum absolute atomic E-state index is 0.0486. The van der Waals surface area contributed by atoms with Gasteiger partial charge in [-0.05, 0) is 18.9 Å². The largest absolute Gasteiger partial charge is 0.478 e. The number of aliphatic carboxylic acids is 2. The van der Waals surface area contributed by atoms with Crippen LogP contribution >= 0.6 is 0 Å². The molecule has 0 saturated heterocycles. The molecule has 1 aromatic rings. The van der Waals surface area contributed by atoms with Gasteiger partial charge in [0, 0.05) is 30.2 Å². The summed E-state index contributed by atoms with van der Waals surface area (Å²) in [5.74, 6) is -2.31. The molecule has 0 unspecified atom stereocenters. The van der Waals surface area contributed by atoms with Crippen LogP contribution in [0.5, 0.6) is 0 Å². The Kier molecular flexibility index (Phi) is 23.7.